The zero-order valence-electron chi connectivity index (χ0n) is 10.3. The average molecular weight is 293 g/mol. The van der Waals surface area contributed by atoms with E-state index in [1.54, 1.807) is 6.92 Å². The van der Waals surface area contributed by atoms with E-state index in [-0.39, 0.29) is 12.5 Å². The quantitative estimate of drug-likeness (QED) is 0.497. The molecule has 20 heavy (non-hydrogen) atoms. The highest BCUT2D eigenvalue weighted by Gasteiger charge is 2.26. The number of carbonyl (C=O) groups is 2. The predicted molar refractivity (Wildman–Crippen MR) is 60.1 cm³/mol. The summed E-state index contributed by atoms with van der Waals surface area (Å²) in [6.07, 6.45) is 0.459. The van der Waals surface area contributed by atoms with Gasteiger partial charge in [0.05, 0.1) is 5.56 Å². The van der Waals surface area contributed by atoms with Crippen LogP contribution in [0.3, 0.4) is 0 Å². The summed E-state index contributed by atoms with van der Waals surface area (Å²) in [6, 6.07) is -1.16. The molecule has 0 bridgehead atoms. The van der Waals surface area contributed by atoms with Gasteiger partial charge in [-0.3, -0.25) is 4.79 Å². The zero-order valence-corrected chi connectivity index (χ0v) is 10.3. The van der Waals surface area contributed by atoms with Gasteiger partial charge in [0.15, 0.2) is 23.3 Å². The summed E-state index contributed by atoms with van der Waals surface area (Å²) in [6.45, 7) is 1.65. The van der Waals surface area contributed by atoms with Gasteiger partial charge in [-0.05, 0) is 12.5 Å². The van der Waals surface area contributed by atoms with Crippen LogP contribution in [0.15, 0.2) is 6.07 Å². The molecule has 1 unspecified atom stereocenters. The van der Waals surface area contributed by atoms with Gasteiger partial charge in [-0.15, -0.1) is 0 Å². The van der Waals surface area contributed by atoms with Gasteiger partial charge < -0.3 is 10.4 Å². The molecule has 0 radical (unpaired) electrons. The molecule has 2 N–H and O–H groups in total. The fourth-order valence-corrected chi connectivity index (χ4v) is 1.52. The van der Waals surface area contributed by atoms with E-state index in [1.165, 1.54) is 0 Å². The van der Waals surface area contributed by atoms with E-state index in [4.69, 9.17) is 5.11 Å². The van der Waals surface area contributed by atoms with Crippen LogP contribution in [-0.2, 0) is 4.79 Å². The Hall–Kier alpha value is -2.12. The Morgan fingerprint density at radius 1 is 1.20 bits per heavy atom. The molecule has 1 aromatic rings. The third-order valence-corrected chi connectivity index (χ3v) is 2.53. The van der Waals surface area contributed by atoms with Crippen LogP contribution in [0.4, 0.5) is 17.6 Å². The predicted octanol–water partition coefficient (Wildman–Crippen LogP) is 2.23. The Kier molecular flexibility index (Phi) is 5.06. The van der Waals surface area contributed by atoms with Crippen LogP contribution in [-0.4, -0.2) is 23.0 Å². The molecular weight excluding hydrogens is 282 g/mol. The maximum Gasteiger partial charge on any atom is 0.326 e. The van der Waals surface area contributed by atoms with Crippen LogP contribution in [0.2, 0.25) is 0 Å². The van der Waals surface area contributed by atoms with Gasteiger partial charge in [0.25, 0.3) is 5.91 Å². The zero-order chi connectivity index (χ0) is 15.4. The number of amides is 1. The second kappa shape index (κ2) is 6.36. The Morgan fingerprint density at radius 2 is 1.80 bits per heavy atom. The van der Waals surface area contributed by atoms with Crippen molar-refractivity contribution in [1.82, 2.24) is 5.32 Å². The van der Waals surface area contributed by atoms with E-state index in [1.807, 2.05) is 5.32 Å². The van der Waals surface area contributed by atoms with E-state index in [0.717, 1.165) is 0 Å². The minimum absolute atomic E-state index is 0.0504. The molecule has 0 aromatic heterocycles. The van der Waals surface area contributed by atoms with E-state index >= 15 is 0 Å². The van der Waals surface area contributed by atoms with Crippen LogP contribution >= 0.6 is 0 Å². The first kappa shape index (κ1) is 15.9. The summed E-state index contributed by atoms with van der Waals surface area (Å²) in [4.78, 5) is 22.4. The van der Waals surface area contributed by atoms with Crippen LogP contribution < -0.4 is 5.32 Å². The van der Waals surface area contributed by atoms with Gasteiger partial charge in [-0.2, -0.15) is 0 Å². The van der Waals surface area contributed by atoms with Crippen molar-refractivity contribution in [2.75, 3.05) is 0 Å². The molecule has 0 aliphatic heterocycles. The third kappa shape index (κ3) is 3.25. The van der Waals surface area contributed by atoms with E-state index in [0.29, 0.717) is 6.42 Å². The van der Waals surface area contributed by atoms with E-state index in [9.17, 15) is 27.2 Å². The first-order chi connectivity index (χ1) is 9.29. The number of carbonyl (C=O) groups excluding carboxylic acids is 1. The second-order valence-corrected chi connectivity index (χ2v) is 4.00. The molecule has 0 aliphatic carbocycles. The van der Waals surface area contributed by atoms with Crippen molar-refractivity contribution in [2.45, 2.75) is 25.8 Å². The molecule has 1 amide bonds. The van der Waals surface area contributed by atoms with E-state index < -0.39 is 46.8 Å². The number of nitrogens with one attached hydrogen (secondary N) is 1. The molecule has 1 rings (SSSR count). The molecule has 0 aliphatic rings. The molecular formula is C12H11F4NO3. The normalized spacial score (nSPS) is 12.1. The number of benzene rings is 1. The van der Waals surface area contributed by atoms with E-state index in [2.05, 4.69) is 0 Å². The highest BCUT2D eigenvalue weighted by Crippen LogP contribution is 2.18. The number of aliphatic carboxylic acids is 1. The first-order valence-corrected chi connectivity index (χ1v) is 5.66. The minimum Gasteiger partial charge on any atom is -0.480 e. The van der Waals surface area contributed by atoms with Crippen molar-refractivity contribution in [3.05, 3.63) is 34.9 Å². The number of hydrogen-bond acceptors (Lipinski definition) is 2. The molecule has 0 heterocycles. The lowest BCUT2D eigenvalue weighted by atomic mass is 10.1. The number of carboxylic acid groups (broad SMARTS) is 1. The summed E-state index contributed by atoms with van der Waals surface area (Å²) < 4.78 is 52.0. The Morgan fingerprint density at radius 3 is 2.30 bits per heavy atom. The molecule has 4 nitrogen and oxygen atoms in total. The summed E-state index contributed by atoms with van der Waals surface area (Å²) in [7, 11) is 0. The molecule has 0 saturated heterocycles. The highest BCUT2D eigenvalue weighted by molar-refractivity contribution is 5.96. The lowest BCUT2D eigenvalue weighted by Gasteiger charge is -2.14. The van der Waals surface area contributed by atoms with Gasteiger partial charge in [0.2, 0.25) is 0 Å². The Bertz CT molecular complexity index is 548. The van der Waals surface area contributed by atoms with Crippen molar-refractivity contribution in [3.63, 3.8) is 0 Å². The fraction of sp³-hybridized carbons (Fsp3) is 0.333. The van der Waals surface area contributed by atoms with Crippen LogP contribution in [0.25, 0.3) is 0 Å². The van der Waals surface area contributed by atoms with Gasteiger partial charge in [0, 0.05) is 0 Å². The number of rotatable bonds is 5. The SMILES string of the molecule is CCCC(NC(=O)c1cc(F)c(F)c(F)c1F)C(=O)O. The van der Waals surface area contributed by atoms with Crippen molar-refractivity contribution in [1.29, 1.82) is 0 Å². The molecule has 0 saturated carbocycles. The standard InChI is InChI=1S/C12H11F4NO3/c1-2-3-7(12(19)20)17-11(18)5-4-6(13)9(15)10(16)8(5)14/h4,7H,2-3H2,1H3,(H,17,18)(H,19,20). The Balaban J connectivity index is 3.07. The number of hydrogen-bond donors (Lipinski definition) is 2. The highest BCUT2D eigenvalue weighted by atomic mass is 19.2. The summed E-state index contributed by atoms with van der Waals surface area (Å²) in [5, 5.41) is 10.7. The second-order valence-electron chi connectivity index (χ2n) is 4.00. The third-order valence-electron chi connectivity index (χ3n) is 2.53. The molecule has 8 heteroatoms. The van der Waals surface area contributed by atoms with Crippen LogP contribution in [0, 0.1) is 23.3 Å². The molecule has 0 spiro atoms. The summed E-state index contributed by atoms with van der Waals surface area (Å²) in [5.74, 6) is -10.5. The van der Waals surface area contributed by atoms with Crippen LogP contribution in [0.1, 0.15) is 30.1 Å². The fourth-order valence-electron chi connectivity index (χ4n) is 1.52. The Labute approximate surface area is 111 Å². The molecule has 110 valence electrons. The number of carboxylic acids is 1. The molecule has 0 fully saturated rings. The smallest absolute Gasteiger partial charge is 0.326 e. The van der Waals surface area contributed by atoms with Crippen LogP contribution in [0.5, 0.6) is 0 Å². The largest absolute Gasteiger partial charge is 0.480 e. The maximum atomic E-state index is 13.3. The number of halogens is 4. The molecule has 1 atom stereocenters. The summed E-state index contributed by atoms with van der Waals surface area (Å²) in [5.41, 5.74) is -1.09. The first-order valence-electron chi connectivity index (χ1n) is 5.66. The van der Waals surface area contributed by atoms with Gasteiger partial charge in [0.1, 0.15) is 6.04 Å². The van der Waals surface area contributed by atoms with Gasteiger partial charge in [-0.25, -0.2) is 22.4 Å². The lowest BCUT2D eigenvalue weighted by Crippen LogP contribution is -2.41. The maximum absolute atomic E-state index is 13.3. The average Bonchev–Trinajstić information content (AvgIpc) is 2.39. The van der Waals surface area contributed by atoms with Gasteiger partial charge >= 0.3 is 5.97 Å². The molecule has 1 aromatic carbocycles. The van der Waals surface area contributed by atoms with Crippen molar-refractivity contribution in [2.24, 2.45) is 0 Å². The summed E-state index contributed by atoms with van der Waals surface area (Å²) >= 11 is 0. The minimum atomic E-state index is -2.13. The van der Waals surface area contributed by atoms with Crippen molar-refractivity contribution in [3.8, 4) is 0 Å². The van der Waals surface area contributed by atoms with Gasteiger partial charge in [-0.1, -0.05) is 13.3 Å². The topological polar surface area (TPSA) is 66.4 Å². The lowest BCUT2D eigenvalue weighted by molar-refractivity contribution is -0.139. The van der Waals surface area contributed by atoms with Crippen molar-refractivity contribution < 1.29 is 32.3 Å². The van der Waals surface area contributed by atoms with Crippen molar-refractivity contribution >= 4 is 11.9 Å². The monoisotopic (exact) mass is 293 g/mol.